The molecule has 0 bridgehead atoms. The SMILES string of the molecule is CC(C)(CC(=O)O)NC(=O)CCOc1cccc(Br)c1. The van der Waals surface area contributed by atoms with Crippen molar-refractivity contribution in [3.63, 3.8) is 0 Å². The molecule has 0 atom stereocenters. The van der Waals surface area contributed by atoms with Gasteiger partial charge in [0.2, 0.25) is 5.91 Å². The van der Waals surface area contributed by atoms with Crippen molar-refractivity contribution in [2.75, 3.05) is 6.61 Å². The summed E-state index contributed by atoms with van der Waals surface area (Å²) >= 11 is 3.33. The van der Waals surface area contributed by atoms with Gasteiger partial charge in [-0.05, 0) is 32.0 Å². The lowest BCUT2D eigenvalue weighted by molar-refractivity contribution is -0.138. The highest BCUT2D eigenvalue weighted by Gasteiger charge is 2.23. The molecular formula is C14H18BrNO4. The second kappa shape index (κ2) is 7.28. The molecule has 1 aromatic rings. The molecule has 0 heterocycles. The minimum Gasteiger partial charge on any atom is -0.493 e. The van der Waals surface area contributed by atoms with Crippen LogP contribution in [0.25, 0.3) is 0 Å². The summed E-state index contributed by atoms with van der Waals surface area (Å²) in [4.78, 5) is 22.4. The van der Waals surface area contributed by atoms with Crippen molar-refractivity contribution >= 4 is 27.8 Å². The molecule has 6 heteroatoms. The van der Waals surface area contributed by atoms with E-state index in [1.165, 1.54) is 0 Å². The molecule has 20 heavy (non-hydrogen) atoms. The van der Waals surface area contributed by atoms with Crippen LogP contribution in [0.4, 0.5) is 0 Å². The van der Waals surface area contributed by atoms with E-state index in [0.29, 0.717) is 5.75 Å². The maximum Gasteiger partial charge on any atom is 0.305 e. The summed E-state index contributed by atoms with van der Waals surface area (Å²) in [5, 5.41) is 11.4. The van der Waals surface area contributed by atoms with Gasteiger partial charge in [0, 0.05) is 10.0 Å². The van der Waals surface area contributed by atoms with Crippen LogP contribution in [0, 0.1) is 0 Å². The summed E-state index contributed by atoms with van der Waals surface area (Å²) in [6, 6.07) is 7.34. The fraction of sp³-hybridized carbons (Fsp3) is 0.429. The van der Waals surface area contributed by atoms with Gasteiger partial charge < -0.3 is 15.2 Å². The summed E-state index contributed by atoms with van der Waals surface area (Å²) in [6.07, 6.45) is 0.0563. The first-order chi connectivity index (χ1) is 9.28. The van der Waals surface area contributed by atoms with Crippen LogP contribution in [0.2, 0.25) is 0 Å². The van der Waals surface area contributed by atoms with E-state index in [1.54, 1.807) is 19.9 Å². The van der Waals surface area contributed by atoms with Crippen molar-refractivity contribution in [3.05, 3.63) is 28.7 Å². The van der Waals surface area contributed by atoms with Crippen LogP contribution >= 0.6 is 15.9 Å². The number of carboxylic acids is 1. The Balaban J connectivity index is 2.35. The maximum atomic E-state index is 11.7. The van der Waals surface area contributed by atoms with Gasteiger partial charge in [0.1, 0.15) is 5.75 Å². The first-order valence-electron chi connectivity index (χ1n) is 6.20. The summed E-state index contributed by atoms with van der Waals surface area (Å²) < 4.78 is 6.35. The first kappa shape index (κ1) is 16.5. The molecule has 0 radical (unpaired) electrons. The minimum absolute atomic E-state index is 0.120. The highest BCUT2D eigenvalue weighted by molar-refractivity contribution is 9.10. The van der Waals surface area contributed by atoms with Gasteiger partial charge in [-0.3, -0.25) is 9.59 Å². The molecular weight excluding hydrogens is 326 g/mol. The van der Waals surface area contributed by atoms with Gasteiger partial charge in [-0.25, -0.2) is 0 Å². The Morgan fingerprint density at radius 3 is 2.70 bits per heavy atom. The van der Waals surface area contributed by atoms with Crippen molar-refractivity contribution in [1.29, 1.82) is 0 Å². The lowest BCUT2D eigenvalue weighted by Gasteiger charge is -2.24. The summed E-state index contributed by atoms with van der Waals surface area (Å²) in [6.45, 7) is 3.59. The fourth-order valence-electron chi connectivity index (χ4n) is 1.68. The summed E-state index contributed by atoms with van der Waals surface area (Å²) in [5.41, 5.74) is -0.765. The standard InChI is InChI=1S/C14H18BrNO4/c1-14(2,9-13(18)19)16-12(17)6-7-20-11-5-3-4-10(15)8-11/h3-5,8H,6-7,9H2,1-2H3,(H,16,17)(H,18,19). The molecule has 0 fully saturated rings. The molecule has 1 amide bonds. The number of ether oxygens (including phenoxy) is 1. The van der Waals surface area contributed by atoms with Gasteiger partial charge in [-0.1, -0.05) is 22.0 Å². The lowest BCUT2D eigenvalue weighted by Crippen LogP contribution is -2.45. The topological polar surface area (TPSA) is 75.6 Å². The van der Waals surface area contributed by atoms with Crippen LogP contribution < -0.4 is 10.1 Å². The molecule has 0 aliphatic rings. The largest absolute Gasteiger partial charge is 0.493 e. The van der Waals surface area contributed by atoms with Crippen molar-refractivity contribution in [1.82, 2.24) is 5.32 Å². The van der Waals surface area contributed by atoms with E-state index in [2.05, 4.69) is 21.2 Å². The second-order valence-electron chi connectivity index (χ2n) is 5.06. The fourth-order valence-corrected chi connectivity index (χ4v) is 2.06. The Hall–Kier alpha value is -1.56. The monoisotopic (exact) mass is 343 g/mol. The number of hydrogen-bond donors (Lipinski definition) is 2. The highest BCUT2D eigenvalue weighted by atomic mass is 79.9. The number of carboxylic acid groups (broad SMARTS) is 1. The lowest BCUT2D eigenvalue weighted by atomic mass is 10.0. The number of amides is 1. The maximum absolute atomic E-state index is 11.7. The van der Waals surface area contributed by atoms with Crippen molar-refractivity contribution in [2.45, 2.75) is 32.2 Å². The molecule has 0 saturated carbocycles. The zero-order chi connectivity index (χ0) is 15.2. The van der Waals surface area contributed by atoms with Crippen LogP contribution in [0.15, 0.2) is 28.7 Å². The zero-order valence-electron chi connectivity index (χ0n) is 11.5. The average molecular weight is 344 g/mol. The molecule has 0 aromatic heterocycles. The van der Waals surface area contributed by atoms with Crippen molar-refractivity contribution < 1.29 is 19.4 Å². The van der Waals surface area contributed by atoms with E-state index >= 15 is 0 Å². The van der Waals surface area contributed by atoms with E-state index in [9.17, 15) is 9.59 Å². The number of nitrogens with one attached hydrogen (secondary N) is 1. The number of carbonyl (C=O) groups is 2. The van der Waals surface area contributed by atoms with E-state index in [1.807, 2.05) is 18.2 Å². The Morgan fingerprint density at radius 1 is 1.40 bits per heavy atom. The Morgan fingerprint density at radius 2 is 2.10 bits per heavy atom. The van der Waals surface area contributed by atoms with Gasteiger partial charge in [0.15, 0.2) is 0 Å². The number of carbonyl (C=O) groups excluding carboxylic acids is 1. The van der Waals surface area contributed by atoms with Gasteiger partial charge in [0.05, 0.1) is 19.4 Å². The van der Waals surface area contributed by atoms with Crippen LogP contribution in [-0.4, -0.2) is 29.1 Å². The molecule has 0 unspecified atom stereocenters. The van der Waals surface area contributed by atoms with Gasteiger partial charge in [0.25, 0.3) is 0 Å². The van der Waals surface area contributed by atoms with E-state index in [4.69, 9.17) is 9.84 Å². The van der Waals surface area contributed by atoms with Crippen LogP contribution in [0.5, 0.6) is 5.75 Å². The molecule has 5 nitrogen and oxygen atoms in total. The normalized spacial score (nSPS) is 10.9. The molecule has 1 rings (SSSR count). The smallest absolute Gasteiger partial charge is 0.305 e. The predicted molar refractivity (Wildman–Crippen MR) is 78.7 cm³/mol. The number of rotatable bonds is 7. The quantitative estimate of drug-likeness (QED) is 0.797. The van der Waals surface area contributed by atoms with Gasteiger partial charge in [-0.15, -0.1) is 0 Å². The number of hydrogen-bond acceptors (Lipinski definition) is 3. The second-order valence-corrected chi connectivity index (χ2v) is 5.97. The first-order valence-corrected chi connectivity index (χ1v) is 6.99. The number of aliphatic carboxylic acids is 1. The third-order valence-electron chi connectivity index (χ3n) is 2.46. The van der Waals surface area contributed by atoms with E-state index < -0.39 is 11.5 Å². The van der Waals surface area contributed by atoms with Crippen molar-refractivity contribution in [2.24, 2.45) is 0 Å². The minimum atomic E-state index is -0.944. The molecule has 1 aromatic carbocycles. The Bertz CT molecular complexity index is 488. The third-order valence-corrected chi connectivity index (χ3v) is 2.96. The van der Waals surface area contributed by atoms with Crippen LogP contribution in [0.1, 0.15) is 26.7 Å². The molecule has 0 spiro atoms. The number of benzene rings is 1. The molecule has 0 aliphatic carbocycles. The molecule has 2 N–H and O–H groups in total. The van der Waals surface area contributed by atoms with Crippen molar-refractivity contribution in [3.8, 4) is 5.75 Å². The zero-order valence-corrected chi connectivity index (χ0v) is 13.1. The Kier molecular flexibility index (Phi) is 6.01. The van der Waals surface area contributed by atoms with Gasteiger partial charge in [-0.2, -0.15) is 0 Å². The summed E-state index contributed by atoms with van der Waals surface area (Å²) in [5.74, 6) is -0.496. The predicted octanol–water partition coefficient (Wildman–Crippen LogP) is 2.59. The molecule has 110 valence electrons. The van der Waals surface area contributed by atoms with Crippen LogP contribution in [0.3, 0.4) is 0 Å². The third kappa shape index (κ3) is 6.56. The molecule has 0 aliphatic heterocycles. The van der Waals surface area contributed by atoms with E-state index in [-0.39, 0.29) is 25.4 Å². The summed E-state index contributed by atoms with van der Waals surface area (Å²) in [7, 11) is 0. The van der Waals surface area contributed by atoms with E-state index in [0.717, 1.165) is 4.47 Å². The highest BCUT2D eigenvalue weighted by Crippen LogP contribution is 2.17. The van der Waals surface area contributed by atoms with Crippen LogP contribution in [-0.2, 0) is 9.59 Å². The molecule has 0 saturated heterocycles. The average Bonchev–Trinajstić information content (AvgIpc) is 2.26. The Labute approximate surface area is 126 Å². The number of halogens is 1. The van der Waals surface area contributed by atoms with Gasteiger partial charge >= 0.3 is 5.97 Å².